The molecule has 0 amide bonds. The average molecular weight is 179 g/mol. The molecule has 0 aromatic rings. The molecule has 1 nitrogen and oxygen atoms in total. The predicted octanol–water partition coefficient (Wildman–Crippen LogP) is 2.41. The number of fused-ring (bicyclic) bond motifs is 2. The summed E-state index contributed by atoms with van der Waals surface area (Å²) in [4.78, 5) is 0. The zero-order chi connectivity index (χ0) is 9.00. The first kappa shape index (κ1) is 8.28. The molecule has 0 spiro atoms. The van der Waals surface area contributed by atoms with Crippen molar-refractivity contribution >= 4 is 0 Å². The molecule has 0 radical (unpaired) electrons. The summed E-state index contributed by atoms with van der Waals surface area (Å²) in [6.07, 6.45) is 7.59. The van der Waals surface area contributed by atoms with Crippen LogP contribution in [0, 0.1) is 29.6 Å². The molecule has 13 heavy (non-hydrogen) atoms. The van der Waals surface area contributed by atoms with Crippen molar-refractivity contribution in [2.75, 3.05) is 0 Å². The highest BCUT2D eigenvalue weighted by Gasteiger charge is 2.50. The summed E-state index contributed by atoms with van der Waals surface area (Å²) < 4.78 is 0. The minimum Gasteiger partial charge on any atom is -0.328 e. The van der Waals surface area contributed by atoms with Crippen molar-refractivity contribution in [1.82, 2.24) is 0 Å². The van der Waals surface area contributed by atoms with Gasteiger partial charge in [0.05, 0.1) is 0 Å². The second kappa shape index (κ2) is 2.73. The molecule has 0 aliphatic heterocycles. The van der Waals surface area contributed by atoms with Gasteiger partial charge in [-0.1, -0.05) is 0 Å². The van der Waals surface area contributed by atoms with Crippen LogP contribution in [0.1, 0.15) is 39.0 Å². The number of nitrogens with two attached hydrogens (primary N) is 1. The Labute approximate surface area is 81.1 Å². The third-order valence-electron chi connectivity index (χ3n) is 5.04. The van der Waals surface area contributed by atoms with Gasteiger partial charge >= 0.3 is 0 Å². The fraction of sp³-hybridized carbons (Fsp3) is 1.00. The molecule has 3 fully saturated rings. The van der Waals surface area contributed by atoms with Gasteiger partial charge in [-0.15, -0.1) is 0 Å². The maximum absolute atomic E-state index is 6.14. The minimum absolute atomic E-state index is 0.455. The van der Waals surface area contributed by atoms with E-state index in [1.165, 1.54) is 25.7 Å². The molecule has 2 N–H and O–H groups in total. The van der Waals surface area contributed by atoms with Gasteiger partial charge in [0.2, 0.25) is 0 Å². The SMILES string of the molecule is C[C@@H](N)[C@H]1[C@@H]2CC[C@H]3C[C@@H](C2)C[C@@H]31. The Hall–Kier alpha value is -0.0400. The Bertz CT molecular complexity index is 211. The van der Waals surface area contributed by atoms with E-state index in [4.69, 9.17) is 5.73 Å². The van der Waals surface area contributed by atoms with Crippen molar-refractivity contribution in [3.63, 3.8) is 0 Å². The summed E-state index contributed by atoms with van der Waals surface area (Å²) in [5.41, 5.74) is 6.14. The van der Waals surface area contributed by atoms with Crippen LogP contribution in [0.2, 0.25) is 0 Å². The summed E-state index contributed by atoms with van der Waals surface area (Å²) >= 11 is 0. The van der Waals surface area contributed by atoms with Gasteiger partial charge in [0.25, 0.3) is 0 Å². The van der Waals surface area contributed by atoms with Gasteiger partial charge in [0.15, 0.2) is 0 Å². The molecule has 3 saturated carbocycles. The molecular weight excluding hydrogens is 158 g/mol. The Morgan fingerprint density at radius 2 is 1.77 bits per heavy atom. The Balaban J connectivity index is 1.90. The van der Waals surface area contributed by atoms with E-state index >= 15 is 0 Å². The molecule has 3 aliphatic rings. The lowest BCUT2D eigenvalue weighted by Crippen LogP contribution is -2.43. The fourth-order valence-electron chi connectivity index (χ4n) is 4.76. The third kappa shape index (κ3) is 1.09. The van der Waals surface area contributed by atoms with Crippen LogP contribution in [-0.4, -0.2) is 6.04 Å². The topological polar surface area (TPSA) is 26.0 Å². The lowest BCUT2D eigenvalue weighted by Gasteiger charge is -2.44. The van der Waals surface area contributed by atoms with E-state index in [1.807, 2.05) is 0 Å². The Morgan fingerprint density at radius 3 is 2.54 bits per heavy atom. The van der Waals surface area contributed by atoms with Crippen LogP contribution < -0.4 is 5.73 Å². The molecule has 6 atom stereocenters. The van der Waals surface area contributed by atoms with Gasteiger partial charge < -0.3 is 5.73 Å². The van der Waals surface area contributed by atoms with Gasteiger partial charge in [-0.05, 0) is 68.6 Å². The highest BCUT2D eigenvalue weighted by molar-refractivity contribution is 5.01. The van der Waals surface area contributed by atoms with Crippen LogP contribution in [0.15, 0.2) is 0 Å². The van der Waals surface area contributed by atoms with Crippen LogP contribution >= 0.6 is 0 Å². The van der Waals surface area contributed by atoms with Crippen LogP contribution in [0.3, 0.4) is 0 Å². The molecule has 74 valence electrons. The highest BCUT2D eigenvalue weighted by Crippen LogP contribution is 2.58. The van der Waals surface area contributed by atoms with Gasteiger partial charge in [-0.25, -0.2) is 0 Å². The smallest absolute Gasteiger partial charge is 0.00441 e. The van der Waals surface area contributed by atoms with Crippen molar-refractivity contribution in [3.05, 3.63) is 0 Å². The lowest BCUT2D eigenvalue weighted by atomic mass is 9.62. The normalized spacial score (nSPS) is 55.4. The highest BCUT2D eigenvalue weighted by atomic mass is 14.7. The predicted molar refractivity (Wildman–Crippen MR) is 54.2 cm³/mol. The first-order chi connectivity index (χ1) is 6.25. The van der Waals surface area contributed by atoms with Crippen LogP contribution in [0.25, 0.3) is 0 Å². The molecule has 3 rings (SSSR count). The van der Waals surface area contributed by atoms with E-state index in [0.29, 0.717) is 6.04 Å². The largest absolute Gasteiger partial charge is 0.328 e. The maximum atomic E-state index is 6.14. The van der Waals surface area contributed by atoms with Crippen molar-refractivity contribution in [1.29, 1.82) is 0 Å². The van der Waals surface area contributed by atoms with E-state index in [-0.39, 0.29) is 0 Å². The molecule has 3 aliphatic carbocycles. The maximum Gasteiger partial charge on any atom is 0.00441 e. The van der Waals surface area contributed by atoms with E-state index in [0.717, 1.165) is 29.6 Å². The first-order valence-electron chi connectivity index (χ1n) is 6.01. The van der Waals surface area contributed by atoms with E-state index < -0.39 is 0 Å². The molecular formula is C12H21N. The second-order valence-corrected chi connectivity index (χ2v) is 5.77. The monoisotopic (exact) mass is 179 g/mol. The summed E-state index contributed by atoms with van der Waals surface area (Å²) in [7, 11) is 0. The zero-order valence-electron chi connectivity index (χ0n) is 8.58. The minimum atomic E-state index is 0.455. The van der Waals surface area contributed by atoms with Gasteiger partial charge in [-0.3, -0.25) is 0 Å². The molecule has 0 aromatic heterocycles. The molecule has 0 saturated heterocycles. The second-order valence-electron chi connectivity index (χ2n) is 5.77. The molecule has 1 heteroatoms. The van der Waals surface area contributed by atoms with Crippen molar-refractivity contribution in [2.45, 2.75) is 45.1 Å². The van der Waals surface area contributed by atoms with E-state index in [9.17, 15) is 0 Å². The number of hydrogen-bond acceptors (Lipinski definition) is 1. The lowest BCUT2D eigenvalue weighted by molar-refractivity contribution is 0.0663. The van der Waals surface area contributed by atoms with Crippen LogP contribution in [0.4, 0.5) is 0 Å². The molecule has 0 aromatic carbocycles. The quantitative estimate of drug-likeness (QED) is 0.657. The molecule has 0 heterocycles. The van der Waals surface area contributed by atoms with Crippen LogP contribution in [0.5, 0.6) is 0 Å². The van der Waals surface area contributed by atoms with E-state index in [2.05, 4.69) is 6.92 Å². The Morgan fingerprint density at radius 1 is 1.08 bits per heavy atom. The average Bonchev–Trinajstić information content (AvgIpc) is 2.27. The fourth-order valence-corrected chi connectivity index (χ4v) is 4.76. The van der Waals surface area contributed by atoms with E-state index in [1.54, 1.807) is 6.42 Å². The van der Waals surface area contributed by atoms with Gasteiger partial charge in [0.1, 0.15) is 0 Å². The summed E-state index contributed by atoms with van der Waals surface area (Å²) in [5, 5.41) is 0. The third-order valence-corrected chi connectivity index (χ3v) is 5.04. The van der Waals surface area contributed by atoms with Gasteiger partial charge in [-0.2, -0.15) is 0 Å². The number of rotatable bonds is 1. The van der Waals surface area contributed by atoms with Gasteiger partial charge in [0, 0.05) is 6.04 Å². The molecule has 0 unspecified atom stereocenters. The van der Waals surface area contributed by atoms with Crippen molar-refractivity contribution in [2.24, 2.45) is 35.3 Å². The number of hydrogen-bond donors (Lipinski definition) is 1. The Kier molecular flexibility index (Phi) is 1.74. The molecule has 3 bridgehead atoms. The summed E-state index contributed by atoms with van der Waals surface area (Å²) in [5.74, 6) is 5.08. The zero-order valence-corrected chi connectivity index (χ0v) is 8.58. The van der Waals surface area contributed by atoms with Crippen molar-refractivity contribution < 1.29 is 0 Å². The summed E-state index contributed by atoms with van der Waals surface area (Å²) in [6.45, 7) is 2.23. The van der Waals surface area contributed by atoms with Crippen molar-refractivity contribution in [3.8, 4) is 0 Å². The standard InChI is InChI=1S/C12H21N/c1-7(13)12-10-3-2-9-4-8(5-10)6-11(9)12/h7-12H,2-6,13H2,1H3/t7-,8+,9+,10-,11+,12+/m1/s1. The first-order valence-corrected chi connectivity index (χ1v) is 6.01. The summed E-state index contributed by atoms with van der Waals surface area (Å²) in [6, 6.07) is 0.455. The van der Waals surface area contributed by atoms with Crippen LogP contribution in [-0.2, 0) is 0 Å².